The van der Waals surface area contributed by atoms with E-state index in [0.29, 0.717) is 0 Å². The molecular formula is C19H22N2O3. The van der Waals surface area contributed by atoms with Crippen LogP contribution in [0.4, 0.5) is 5.69 Å². The third-order valence-corrected chi connectivity index (χ3v) is 4.23. The second-order valence-electron chi connectivity index (χ2n) is 5.74. The Kier molecular flexibility index (Phi) is 4.89. The van der Waals surface area contributed by atoms with Gasteiger partial charge in [0, 0.05) is 24.3 Å². The van der Waals surface area contributed by atoms with Crippen molar-refractivity contribution in [3.05, 3.63) is 53.1 Å². The fraction of sp³-hybridized carbons (Fsp3) is 0.316. The van der Waals surface area contributed by atoms with Crippen LogP contribution in [0.3, 0.4) is 0 Å². The van der Waals surface area contributed by atoms with E-state index in [1.165, 1.54) is 0 Å². The van der Waals surface area contributed by atoms with Gasteiger partial charge in [0.2, 0.25) is 0 Å². The van der Waals surface area contributed by atoms with Gasteiger partial charge in [-0.15, -0.1) is 0 Å². The van der Waals surface area contributed by atoms with Crippen molar-refractivity contribution in [3.8, 4) is 11.5 Å². The molecule has 1 aliphatic heterocycles. The fourth-order valence-corrected chi connectivity index (χ4v) is 2.91. The molecule has 126 valence electrons. The van der Waals surface area contributed by atoms with Gasteiger partial charge in [-0.1, -0.05) is 12.1 Å². The zero-order valence-electron chi connectivity index (χ0n) is 14.0. The Morgan fingerprint density at radius 2 is 1.92 bits per heavy atom. The molecule has 0 atom stereocenters. The van der Waals surface area contributed by atoms with Gasteiger partial charge in [-0.2, -0.15) is 0 Å². The summed E-state index contributed by atoms with van der Waals surface area (Å²) in [6, 6.07) is 11.9. The van der Waals surface area contributed by atoms with Gasteiger partial charge in [0.15, 0.2) is 11.5 Å². The molecule has 0 fully saturated rings. The predicted molar refractivity (Wildman–Crippen MR) is 94.2 cm³/mol. The number of carbonyl (C=O) groups is 1. The summed E-state index contributed by atoms with van der Waals surface area (Å²) in [5.41, 5.74) is 4.02. The molecular weight excluding hydrogens is 304 g/mol. The Morgan fingerprint density at radius 3 is 2.71 bits per heavy atom. The van der Waals surface area contributed by atoms with Crippen molar-refractivity contribution >= 4 is 11.6 Å². The van der Waals surface area contributed by atoms with Gasteiger partial charge in [0.25, 0.3) is 5.91 Å². The standard InChI is InChI=1S/C19H22N2O3/c1-23-17-6-3-13(11-18(17)24-2)7-9-20-15-5-4-14-8-10-21-19(22)16(14)12-15/h3-6,11-12,20H,7-10H2,1-2H3,(H,21,22). The largest absolute Gasteiger partial charge is 0.493 e. The van der Waals surface area contributed by atoms with Crippen LogP contribution in [0.1, 0.15) is 21.5 Å². The number of fused-ring (bicyclic) bond motifs is 1. The third-order valence-electron chi connectivity index (χ3n) is 4.23. The Labute approximate surface area is 142 Å². The molecule has 3 rings (SSSR count). The number of methoxy groups -OCH3 is 2. The molecule has 5 heteroatoms. The number of nitrogens with one attached hydrogen (secondary N) is 2. The lowest BCUT2D eigenvalue weighted by molar-refractivity contribution is 0.0946. The molecule has 0 spiro atoms. The average molecular weight is 326 g/mol. The van der Waals surface area contributed by atoms with Crippen LogP contribution in [0.5, 0.6) is 11.5 Å². The van der Waals surface area contributed by atoms with E-state index < -0.39 is 0 Å². The summed E-state index contributed by atoms with van der Waals surface area (Å²) in [5, 5.41) is 6.26. The number of carbonyl (C=O) groups excluding carboxylic acids is 1. The number of amides is 1. The van der Waals surface area contributed by atoms with E-state index in [1.807, 2.05) is 36.4 Å². The first-order chi connectivity index (χ1) is 11.7. The molecule has 0 unspecified atom stereocenters. The summed E-state index contributed by atoms with van der Waals surface area (Å²) in [6.07, 6.45) is 1.75. The molecule has 0 bridgehead atoms. The first kappa shape index (κ1) is 16.2. The van der Waals surface area contributed by atoms with E-state index >= 15 is 0 Å². The molecule has 2 N–H and O–H groups in total. The van der Waals surface area contributed by atoms with E-state index in [9.17, 15) is 4.79 Å². The smallest absolute Gasteiger partial charge is 0.251 e. The maximum absolute atomic E-state index is 11.9. The number of anilines is 1. The van der Waals surface area contributed by atoms with Crippen molar-refractivity contribution in [2.45, 2.75) is 12.8 Å². The van der Waals surface area contributed by atoms with Crippen LogP contribution in [-0.4, -0.2) is 33.2 Å². The summed E-state index contributed by atoms with van der Waals surface area (Å²) in [5.74, 6) is 1.48. The maximum atomic E-state index is 11.9. The minimum Gasteiger partial charge on any atom is -0.493 e. The van der Waals surface area contributed by atoms with Crippen molar-refractivity contribution in [3.63, 3.8) is 0 Å². The quantitative estimate of drug-likeness (QED) is 0.857. The Bertz CT molecular complexity index is 743. The van der Waals surface area contributed by atoms with Gasteiger partial charge < -0.3 is 20.1 Å². The SMILES string of the molecule is COc1ccc(CCNc2ccc3c(c2)C(=O)NCC3)cc1OC. The molecule has 2 aromatic carbocycles. The lowest BCUT2D eigenvalue weighted by Gasteiger charge is -2.17. The van der Waals surface area contributed by atoms with Crippen LogP contribution >= 0.6 is 0 Å². The van der Waals surface area contributed by atoms with Crippen LogP contribution in [-0.2, 0) is 12.8 Å². The van der Waals surface area contributed by atoms with E-state index in [0.717, 1.165) is 59.8 Å². The molecule has 24 heavy (non-hydrogen) atoms. The van der Waals surface area contributed by atoms with Gasteiger partial charge in [0.05, 0.1) is 14.2 Å². The highest BCUT2D eigenvalue weighted by atomic mass is 16.5. The molecule has 1 heterocycles. The molecule has 1 amide bonds. The number of rotatable bonds is 6. The topological polar surface area (TPSA) is 59.6 Å². The molecule has 0 aliphatic carbocycles. The van der Waals surface area contributed by atoms with E-state index in [1.54, 1.807) is 14.2 Å². The molecule has 0 aromatic heterocycles. The van der Waals surface area contributed by atoms with Crippen LogP contribution in [0, 0.1) is 0 Å². The van der Waals surface area contributed by atoms with Crippen LogP contribution in [0.2, 0.25) is 0 Å². The number of hydrogen-bond acceptors (Lipinski definition) is 4. The Hall–Kier alpha value is -2.69. The van der Waals surface area contributed by atoms with Crippen molar-refractivity contribution in [1.29, 1.82) is 0 Å². The fourth-order valence-electron chi connectivity index (χ4n) is 2.91. The second kappa shape index (κ2) is 7.25. The third kappa shape index (κ3) is 3.45. The van der Waals surface area contributed by atoms with Crippen molar-refractivity contribution < 1.29 is 14.3 Å². The normalized spacial score (nSPS) is 13.0. The summed E-state index contributed by atoms with van der Waals surface area (Å²) in [7, 11) is 3.27. The molecule has 5 nitrogen and oxygen atoms in total. The van der Waals surface area contributed by atoms with Crippen molar-refractivity contribution in [1.82, 2.24) is 5.32 Å². The summed E-state index contributed by atoms with van der Waals surface area (Å²) >= 11 is 0. The van der Waals surface area contributed by atoms with Crippen LogP contribution in [0.25, 0.3) is 0 Å². The maximum Gasteiger partial charge on any atom is 0.251 e. The molecule has 0 saturated carbocycles. The average Bonchev–Trinajstić information content (AvgIpc) is 2.62. The van der Waals surface area contributed by atoms with Gasteiger partial charge in [-0.05, 0) is 48.2 Å². The van der Waals surface area contributed by atoms with Gasteiger partial charge in [-0.3, -0.25) is 4.79 Å². The first-order valence-corrected chi connectivity index (χ1v) is 8.07. The lowest BCUT2D eigenvalue weighted by Crippen LogP contribution is -2.31. The van der Waals surface area contributed by atoms with Crippen LogP contribution < -0.4 is 20.1 Å². The first-order valence-electron chi connectivity index (χ1n) is 8.07. The highest BCUT2D eigenvalue weighted by Crippen LogP contribution is 2.27. The number of ether oxygens (including phenoxy) is 2. The van der Waals surface area contributed by atoms with Gasteiger partial charge in [-0.25, -0.2) is 0 Å². The highest BCUT2D eigenvalue weighted by molar-refractivity contribution is 5.97. The Morgan fingerprint density at radius 1 is 1.08 bits per heavy atom. The van der Waals surface area contributed by atoms with Gasteiger partial charge >= 0.3 is 0 Å². The minimum atomic E-state index is 0.0137. The van der Waals surface area contributed by atoms with Crippen molar-refractivity contribution in [2.24, 2.45) is 0 Å². The monoisotopic (exact) mass is 326 g/mol. The summed E-state index contributed by atoms with van der Waals surface area (Å²) in [4.78, 5) is 11.9. The highest BCUT2D eigenvalue weighted by Gasteiger charge is 2.16. The predicted octanol–water partition coefficient (Wildman–Crippen LogP) is 2.64. The lowest BCUT2D eigenvalue weighted by atomic mass is 10.00. The number of benzene rings is 2. The minimum absolute atomic E-state index is 0.0137. The van der Waals surface area contributed by atoms with E-state index in [2.05, 4.69) is 10.6 Å². The zero-order valence-corrected chi connectivity index (χ0v) is 14.0. The zero-order chi connectivity index (χ0) is 16.9. The molecule has 1 aliphatic rings. The molecule has 2 aromatic rings. The van der Waals surface area contributed by atoms with E-state index in [-0.39, 0.29) is 5.91 Å². The van der Waals surface area contributed by atoms with E-state index in [4.69, 9.17) is 9.47 Å². The van der Waals surface area contributed by atoms with Crippen LogP contribution in [0.15, 0.2) is 36.4 Å². The second-order valence-corrected chi connectivity index (χ2v) is 5.74. The van der Waals surface area contributed by atoms with Gasteiger partial charge in [0.1, 0.15) is 0 Å². The summed E-state index contributed by atoms with van der Waals surface area (Å²) in [6.45, 7) is 1.49. The Balaban J connectivity index is 1.62. The molecule has 0 saturated heterocycles. The summed E-state index contributed by atoms with van der Waals surface area (Å²) < 4.78 is 10.6. The number of hydrogen-bond donors (Lipinski definition) is 2. The van der Waals surface area contributed by atoms with Crippen molar-refractivity contribution in [2.75, 3.05) is 32.6 Å². The molecule has 0 radical (unpaired) electrons.